The van der Waals surface area contributed by atoms with E-state index in [2.05, 4.69) is 10.2 Å². The summed E-state index contributed by atoms with van der Waals surface area (Å²) in [5.41, 5.74) is 0.484. The lowest BCUT2D eigenvalue weighted by Gasteiger charge is -2.47. The number of nitrogens with one attached hydrogen (secondary N) is 1. The van der Waals surface area contributed by atoms with E-state index in [4.69, 9.17) is 4.74 Å². The highest BCUT2D eigenvalue weighted by atomic mass is 16.5. The van der Waals surface area contributed by atoms with Crippen LogP contribution >= 0.6 is 0 Å². The number of hydrogen-bond donors (Lipinski definition) is 2. The fourth-order valence-corrected chi connectivity index (χ4v) is 5.23. The molecule has 2 N–H and O–H groups in total. The Kier molecular flexibility index (Phi) is 4.85. The predicted octanol–water partition coefficient (Wildman–Crippen LogP) is 2.25. The Labute approximate surface area is 145 Å². The summed E-state index contributed by atoms with van der Waals surface area (Å²) in [5.74, 6) is 0.0840. The van der Waals surface area contributed by atoms with Crippen molar-refractivity contribution in [1.82, 2.24) is 10.2 Å². The second-order valence-electron chi connectivity index (χ2n) is 8.67. The molecule has 1 saturated heterocycles. The van der Waals surface area contributed by atoms with Gasteiger partial charge in [-0.25, -0.2) is 0 Å². The Morgan fingerprint density at radius 2 is 1.92 bits per heavy atom. The summed E-state index contributed by atoms with van der Waals surface area (Å²) in [6.07, 6.45) is 11.3. The van der Waals surface area contributed by atoms with Crippen molar-refractivity contribution < 1.29 is 14.6 Å². The molecule has 3 aliphatic carbocycles. The normalized spacial score (nSPS) is 35.3. The molecule has 1 aliphatic heterocycles. The number of hydrogen-bond acceptors (Lipinski definition) is 4. The van der Waals surface area contributed by atoms with Crippen molar-refractivity contribution in [3.8, 4) is 0 Å². The zero-order chi connectivity index (χ0) is 16.6. The maximum Gasteiger partial charge on any atom is 0.317 e. The first-order chi connectivity index (χ1) is 11.6. The van der Waals surface area contributed by atoms with E-state index < -0.39 is 5.97 Å². The average Bonchev–Trinajstić information content (AvgIpc) is 3.25. The molecule has 1 atom stereocenters. The first-order valence-corrected chi connectivity index (χ1v) is 9.94. The average molecular weight is 336 g/mol. The van der Waals surface area contributed by atoms with Gasteiger partial charge in [-0.15, -0.1) is 0 Å². The minimum Gasteiger partial charge on any atom is -0.480 e. The molecule has 4 aliphatic rings. The van der Waals surface area contributed by atoms with Gasteiger partial charge in [0.2, 0.25) is 0 Å². The molecule has 1 unspecified atom stereocenters. The Morgan fingerprint density at radius 3 is 2.58 bits per heavy atom. The third-order valence-electron chi connectivity index (χ3n) is 6.99. The number of carbonyl (C=O) groups is 1. The minimum atomic E-state index is -0.677. The van der Waals surface area contributed by atoms with Gasteiger partial charge < -0.3 is 15.2 Å². The standard InChI is InChI=1S/C19H32N2O3/c22-18(23)13-21(12-14-3-4-14)16-10-15(11-16)20-17-2-1-5-19(17)6-8-24-9-7-19/h14-17,20H,1-13H2,(H,22,23). The number of rotatable bonds is 7. The molecule has 5 nitrogen and oxygen atoms in total. The number of nitrogens with zero attached hydrogens (tertiary/aromatic N) is 1. The smallest absolute Gasteiger partial charge is 0.317 e. The monoisotopic (exact) mass is 336 g/mol. The van der Waals surface area contributed by atoms with Gasteiger partial charge in [0.05, 0.1) is 6.54 Å². The van der Waals surface area contributed by atoms with Gasteiger partial charge in [0, 0.05) is 37.9 Å². The summed E-state index contributed by atoms with van der Waals surface area (Å²) in [4.78, 5) is 13.4. The first-order valence-electron chi connectivity index (χ1n) is 9.94. The van der Waals surface area contributed by atoms with E-state index in [1.54, 1.807) is 0 Å². The summed E-state index contributed by atoms with van der Waals surface area (Å²) in [6.45, 7) is 3.07. The fourth-order valence-electron chi connectivity index (χ4n) is 5.23. The van der Waals surface area contributed by atoms with Crippen LogP contribution in [-0.4, -0.2) is 60.4 Å². The molecule has 5 heteroatoms. The minimum absolute atomic E-state index is 0.221. The Hall–Kier alpha value is -0.650. The van der Waals surface area contributed by atoms with Crippen LogP contribution in [0, 0.1) is 11.3 Å². The van der Waals surface area contributed by atoms with Gasteiger partial charge in [-0.2, -0.15) is 0 Å². The Bertz CT molecular complexity index is 454. The maximum atomic E-state index is 11.1. The maximum absolute atomic E-state index is 11.1. The Morgan fingerprint density at radius 1 is 1.17 bits per heavy atom. The van der Waals surface area contributed by atoms with E-state index in [0.717, 1.165) is 38.5 Å². The highest BCUT2D eigenvalue weighted by Crippen LogP contribution is 2.47. The van der Waals surface area contributed by atoms with Gasteiger partial charge in [0.1, 0.15) is 0 Å². The molecule has 1 spiro atoms. The third kappa shape index (κ3) is 3.63. The summed E-state index contributed by atoms with van der Waals surface area (Å²) in [7, 11) is 0. The molecule has 1 heterocycles. The summed E-state index contributed by atoms with van der Waals surface area (Å²) < 4.78 is 5.59. The molecular formula is C19H32N2O3. The van der Waals surface area contributed by atoms with Crippen molar-refractivity contribution >= 4 is 5.97 Å². The van der Waals surface area contributed by atoms with Crippen LogP contribution in [0.3, 0.4) is 0 Å². The van der Waals surface area contributed by atoms with Gasteiger partial charge in [-0.1, -0.05) is 6.42 Å². The predicted molar refractivity (Wildman–Crippen MR) is 92.0 cm³/mol. The summed E-state index contributed by atoms with van der Waals surface area (Å²) in [5, 5.41) is 13.1. The van der Waals surface area contributed by atoms with Gasteiger partial charge in [0.15, 0.2) is 0 Å². The van der Waals surface area contributed by atoms with Crippen molar-refractivity contribution in [1.29, 1.82) is 0 Å². The molecule has 24 heavy (non-hydrogen) atoms. The fraction of sp³-hybridized carbons (Fsp3) is 0.947. The van der Waals surface area contributed by atoms with Crippen LogP contribution in [0.4, 0.5) is 0 Å². The van der Waals surface area contributed by atoms with Crippen LogP contribution in [0.5, 0.6) is 0 Å². The highest BCUT2D eigenvalue weighted by molar-refractivity contribution is 5.69. The quantitative estimate of drug-likeness (QED) is 0.747. The van der Waals surface area contributed by atoms with Crippen molar-refractivity contribution in [2.24, 2.45) is 11.3 Å². The molecule has 0 aromatic rings. The van der Waals surface area contributed by atoms with E-state index in [1.807, 2.05) is 0 Å². The summed E-state index contributed by atoms with van der Waals surface area (Å²) in [6, 6.07) is 1.73. The van der Waals surface area contributed by atoms with Crippen LogP contribution < -0.4 is 5.32 Å². The largest absolute Gasteiger partial charge is 0.480 e. The van der Waals surface area contributed by atoms with E-state index in [-0.39, 0.29) is 6.54 Å². The van der Waals surface area contributed by atoms with Gasteiger partial charge in [-0.05, 0) is 62.7 Å². The topological polar surface area (TPSA) is 61.8 Å². The van der Waals surface area contributed by atoms with E-state index in [9.17, 15) is 9.90 Å². The van der Waals surface area contributed by atoms with Crippen LogP contribution in [0.2, 0.25) is 0 Å². The highest BCUT2D eigenvalue weighted by Gasteiger charge is 2.46. The molecule has 0 aromatic carbocycles. The lowest BCUT2D eigenvalue weighted by Crippen LogP contribution is -2.58. The molecule has 3 saturated carbocycles. The van der Waals surface area contributed by atoms with Crippen molar-refractivity contribution in [3.05, 3.63) is 0 Å². The van der Waals surface area contributed by atoms with Gasteiger partial charge in [0.25, 0.3) is 0 Å². The van der Waals surface area contributed by atoms with Gasteiger partial charge in [-0.3, -0.25) is 9.69 Å². The van der Waals surface area contributed by atoms with Crippen molar-refractivity contribution in [3.63, 3.8) is 0 Å². The van der Waals surface area contributed by atoms with Crippen LogP contribution in [0.25, 0.3) is 0 Å². The molecule has 0 aromatic heterocycles. The molecule has 0 amide bonds. The number of carboxylic acids is 1. The molecular weight excluding hydrogens is 304 g/mol. The Balaban J connectivity index is 1.27. The van der Waals surface area contributed by atoms with Crippen LogP contribution in [0.15, 0.2) is 0 Å². The number of carboxylic acid groups (broad SMARTS) is 1. The third-order valence-corrected chi connectivity index (χ3v) is 6.99. The zero-order valence-corrected chi connectivity index (χ0v) is 14.7. The zero-order valence-electron chi connectivity index (χ0n) is 14.7. The molecule has 136 valence electrons. The van der Waals surface area contributed by atoms with Gasteiger partial charge >= 0.3 is 5.97 Å². The summed E-state index contributed by atoms with van der Waals surface area (Å²) >= 11 is 0. The second-order valence-corrected chi connectivity index (χ2v) is 8.67. The SMILES string of the molecule is O=C(O)CN(CC1CC1)C1CC(NC2CCCC23CCOCC3)C1. The molecule has 0 radical (unpaired) electrons. The van der Waals surface area contributed by atoms with E-state index in [1.165, 1.54) is 44.9 Å². The number of ether oxygens (including phenoxy) is 1. The molecule has 4 rings (SSSR count). The number of aliphatic carboxylic acids is 1. The van der Waals surface area contributed by atoms with E-state index >= 15 is 0 Å². The lowest BCUT2D eigenvalue weighted by molar-refractivity contribution is -0.139. The first kappa shape index (κ1) is 16.8. The van der Waals surface area contributed by atoms with Crippen molar-refractivity contribution in [2.75, 3.05) is 26.3 Å². The van der Waals surface area contributed by atoms with Crippen LogP contribution in [-0.2, 0) is 9.53 Å². The van der Waals surface area contributed by atoms with E-state index in [0.29, 0.717) is 23.5 Å². The van der Waals surface area contributed by atoms with Crippen LogP contribution in [0.1, 0.15) is 57.8 Å². The second kappa shape index (κ2) is 6.93. The van der Waals surface area contributed by atoms with Crippen molar-refractivity contribution in [2.45, 2.75) is 75.9 Å². The lowest BCUT2D eigenvalue weighted by atomic mass is 9.74. The molecule has 0 bridgehead atoms. The molecule has 4 fully saturated rings.